The first-order valence-corrected chi connectivity index (χ1v) is 6.73. The first-order valence-electron chi connectivity index (χ1n) is 6.73. The van der Waals surface area contributed by atoms with Crippen molar-refractivity contribution in [2.75, 3.05) is 0 Å². The molecule has 0 aliphatic rings. The predicted molar refractivity (Wildman–Crippen MR) is 77.8 cm³/mol. The highest BCUT2D eigenvalue weighted by molar-refractivity contribution is 5.23. The van der Waals surface area contributed by atoms with Gasteiger partial charge in [0.05, 0.1) is 11.4 Å². The summed E-state index contributed by atoms with van der Waals surface area (Å²) in [6, 6.07) is 8.21. The molecule has 3 nitrogen and oxygen atoms in total. The van der Waals surface area contributed by atoms with Gasteiger partial charge in [0.1, 0.15) is 0 Å². The predicted octanol–water partition coefficient (Wildman–Crippen LogP) is 3.20. The molecule has 2 aromatic rings. The normalized spacial score (nSPS) is 10.9. The second kappa shape index (κ2) is 6.43. The molecule has 2 aromatic heterocycles. The summed E-state index contributed by atoms with van der Waals surface area (Å²) in [6.45, 7) is 8.04. The van der Waals surface area contributed by atoms with Crippen LogP contribution in [-0.2, 0) is 13.1 Å². The Hall–Kier alpha value is -1.74. The van der Waals surface area contributed by atoms with Gasteiger partial charge in [-0.3, -0.25) is 9.97 Å². The number of aromatic nitrogens is 2. The molecule has 0 aromatic carbocycles. The lowest BCUT2D eigenvalue weighted by molar-refractivity contribution is 0.652. The Balaban J connectivity index is 1.98. The minimum absolute atomic E-state index is 0.502. The van der Waals surface area contributed by atoms with E-state index in [0.717, 1.165) is 24.5 Å². The van der Waals surface area contributed by atoms with Crippen LogP contribution < -0.4 is 5.32 Å². The fourth-order valence-corrected chi connectivity index (χ4v) is 2.13. The molecule has 0 saturated carbocycles. The summed E-state index contributed by atoms with van der Waals surface area (Å²) < 4.78 is 0. The van der Waals surface area contributed by atoms with Crippen LogP contribution in [0.1, 0.15) is 42.3 Å². The lowest BCUT2D eigenvalue weighted by Gasteiger charge is -2.12. The molecule has 0 bridgehead atoms. The molecule has 0 saturated heterocycles. The topological polar surface area (TPSA) is 37.8 Å². The van der Waals surface area contributed by atoms with Crippen LogP contribution in [0.4, 0.5) is 0 Å². The van der Waals surface area contributed by atoms with E-state index < -0.39 is 0 Å². The van der Waals surface area contributed by atoms with E-state index in [0.29, 0.717) is 5.92 Å². The zero-order valence-electron chi connectivity index (χ0n) is 11.9. The number of hydrogen-bond acceptors (Lipinski definition) is 3. The third-order valence-electron chi connectivity index (χ3n) is 3.25. The molecule has 3 heteroatoms. The quantitative estimate of drug-likeness (QED) is 0.891. The molecule has 0 unspecified atom stereocenters. The van der Waals surface area contributed by atoms with E-state index in [-0.39, 0.29) is 0 Å². The Bertz CT molecular complexity index is 535. The van der Waals surface area contributed by atoms with Crippen LogP contribution >= 0.6 is 0 Å². The third kappa shape index (κ3) is 3.61. The molecule has 2 rings (SSSR count). The van der Waals surface area contributed by atoms with Crippen LogP contribution in [0.2, 0.25) is 0 Å². The van der Waals surface area contributed by atoms with E-state index >= 15 is 0 Å². The summed E-state index contributed by atoms with van der Waals surface area (Å²) in [6.07, 6.45) is 3.69. The SMILES string of the molecule is Cc1cccnc1CNCc1ncccc1C(C)C. The lowest BCUT2D eigenvalue weighted by atomic mass is 10.0. The van der Waals surface area contributed by atoms with Crippen LogP contribution in [0.3, 0.4) is 0 Å². The monoisotopic (exact) mass is 255 g/mol. The van der Waals surface area contributed by atoms with Gasteiger partial charge in [-0.05, 0) is 36.1 Å². The molecule has 2 heterocycles. The van der Waals surface area contributed by atoms with Gasteiger partial charge in [-0.1, -0.05) is 26.0 Å². The molecule has 100 valence electrons. The van der Waals surface area contributed by atoms with Gasteiger partial charge in [-0.15, -0.1) is 0 Å². The van der Waals surface area contributed by atoms with Crippen molar-refractivity contribution in [2.45, 2.75) is 39.8 Å². The van der Waals surface area contributed by atoms with Gasteiger partial charge in [0.2, 0.25) is 0 Å². The molecule has 0 atom stereocenters. The second-order valence-corrected chi connectivity index (χ2v) is 5.06. The van der Waals surface area contributed by atoms with Crippen LogP contribution in [0, 0.1) is 6.92 Å². The van der Waals surface area contributed by atoms with Crippen molar-refractivity contribution in [1.29, 1.82) is 0 Å². The summed E-state index contributed by atoms with van der Waals surface area (Å²) in [7, 11) is 0. The summed E-state index contributed by atoms with van der Waals surface area (Å²) in [4.78, 5) is 8.85. The Kier molecular flexibility index (Phi) is 4.63. The number of nitrogens with one attached hydrogen (secondary N) is 1. The van der Waals surface area contributed by atoms with Gasteiger partial charge >= 0.3 is 0 Å². The Morgan fingerprint density at radius 1 is 1.00 bits per heavy atom. The van der Waals surface area contributed by atoms with Crippen molar-refractivity contribution < 1.29 is 0 Å². The fourth-order valence-electron chi connectivity index (χ4n) is 2.13. The van der Waals surface area contributed by atoms with Gasteiger partial charge in [-0.2, -0.15) is 0 Å². The van der Waals surface area contributed by atoms with Crippen molar-refractivity contribution in [2.24, 2.45) is 0 Å². The lowest BCUT2D eigenvalue weighted by Crippen LogP contribution is -2.17. The Morgan fingerprint density at radius 3 is 2.32 bits per heavy atom. The highest BCUT2D eigenvalue weighted by Crippen LogP contribution is 2.17. The van der Waals surface area contributed by atoms with Crippen LogP contribution in [0.25, 0.3) is 0 Å². The van der Waals surface area contributed by atoms with E-state index in [1.165, 1.54) is 11.1 Å². The van der Waals surface area contributed by atoms with Gasteiger partial charge in [0.25, 0.3) is 0 Å². The highest BCUT2D eigenvalue weighted by atomic mass is 14.9. The number of nitrogens with zero attached hydrogens (tertiary/aromatic N) is 2. The zero-order valence-corrected chi connectivity index (χ0v) is 11.9. The molecule has 0 spiro atoms. The first-order chi connectivity index (χ1) is 9.18. The number of aryl methyl sites for hydroxylation is 1. The van der Waals surface area contributed by atoms with E-state index in [1.807, 2.05) is 24.5 Å². The first kappa shape index (κ1) is 13.7. The minimum atomic E-state index is 0.502. The molecule has 0 fully saturated rings. The smallest absolute Gasteiger partial charge is 0.0576 e. The average Bonchev–Trinajstić information content (AvgIpc) is 2.41. The molecule has 0 aliphatic heterocycles. The van der Waals surface area contributed by atoms with E-state index in [1.54, 1.807) is 0 Å². The third-order valence-corrected chi connectivity index (χ3v) is 3.25. The summed E-state index contributed by atoms with van der Waals surface area (Å²) >= 11 is 0. The minimum Gasteiger partial charge on any atom is -0.305 e. The maximum Gasteiger partial charge on any atom is 0.0576 e. The fraction of sp³-hybridized carbons (Fsp3) is 0.375. The standard InChI is InChI=1S/C16H21N3/c1-12(2)14-7-5-9-19-16(14)11-17-10-15-13(3)6-4-8-18-15/h4-9,12,17H,10-11H2,1-3H3. The highest BCUT2D eigenvalue weighted by Gasteiger charge is 2.07. The second-order valence-electron chi connectivity index (χ2n) is 5.06. The molecule has 19 heavy (non-hydrogen) atoms. The van der Waals surface area contributed by atoms with Crippen molar-refractivity contribution in [1.82, 2.24) is 15.3 Å². The van der Waals surface area contributed by atoms with Crippen LogP contribution in [0.5, 0.6) is 0 Å². The summed E-state index contributed by atoms with van der Waals surface area (Å²) in [5, 5.41) is 3.43. The molecular formula is C16H21N3. The molecule has 1 N–H and O–H groups in total. The van der Waals surface area contributed by atoms with Crippen molar-refractivity contribution >= 4 is 0 Å². The number of hydrogen-bond donors (Lipinski definition) is 1. The zero-order chi connectivity index (χ0) is 13.7. The summed E-state index contributed by atoms with van der Waals surface area (Å²) in [5.41, 5.74) is 4.77. The molecule has 0 amide bonds. The number of rotatable bonds is 5. The van der Waals surface area contributed by atoms with Gasteiger partial charge in [0.15, 0.2) is 0 Å². The van der Waals surface area contributed by atoms with Crippen molar-refractivity contribution in [3.8, 4) is 0 Å². The summed E-state index contributed by atoms with van der Waals surface area (Å²) in [5.74, 6) is 0.502. The van der Waals surface area contributed by atoms with Gasteiger partial charge in [-0.25, -0.2) is 0 Å². The van der Waals surface area contributed by atoms with E-state index in [2.05, 4.69) is 48.2 Å². The van der Waals surface area contributed by atoms with E-state index in [4.69, 9.17) is 0 Å². The van der Waals surface area contributed by atoms with Gasteiger partial charge < -0.3 is 5.32 Å². The Morgan fingerprint density at radius 2 is 1.63 bits per heavy atom. The van der Waals surface area contributed by atoms with Gasteiger partial charge in [0, 0.05) is 25.5 Å². The average molecular weight is 255 g/mol. The molecule has 0 radical (unpaired) electrons. The van der Waals surface area contributed by atoms with Crippen molar-refractivity contribution in [3.63, 3.8) is 0 Å². The molecular weight excluding hydrogens is 234 g/mol. The maximum atomic E-state index is 4.47. The molecule has 0 aliphatic carbocycles. The Labute approximate surface area is 115 Å². The van der Waals surface area contributed by atoms with Crippen LogP contribution in [-0.4, -0.2) is 9.97 Å². The van der Waals surface area contributed by atoms with Crippen molar-refractivity contribution in [3.05, 3.63) is 59.2 Å². The maximum absolute atomic E-state index is 4.47. The largest absolute Gasteiger partial charge is 0.305 e. The van der Waals surface area contributed by atoms with E-state index in [9.17, 15) is 0 Å². The number of pyridine rings is 2. The van der Waals surface area contributed by atoms with Crippen LogP contribution in [0.15, 0.2) is 36.7 Å².